The Bertz CT molecular complexity index is 462. The molecule has 0 aliphatic carbocycles. The molecular weight excluding hydrogens is 212 g/mol. The van der Waals surface area contributed by atoms with Crippen molar-refractivity contribution in [1.82, 2.24) is 20.1 Å². The van der Waals surface area contributed by atoms with Crippen molar-refractivity contribution in [3.05, 3.63) is 36.2 Å². The van der Waals surface area contributed by atoms with Gasteiger partial charge in [0, 0.05) is 25.6 Å². The predicted molar refractivity (Wildman–Crippen MR) is 68.7 cm³/mol. The van der Waals surface area contributed by atoms with E-state index in [1.165, 1.54) is 0 Å². The molecule has 90 valence electrons. The molecule has 17 heavy (non-hydrogen) atoms. The molecule has 0 unspecified atom stereocenters. The van der Waals surface area contributed by atoms with E-state index in [2.05, 4.69) is 22.3 Å². The normalized spacial score (nSPS) is 10.7. The SMILES string of the molecule is CCNCCc1nc(-c2ccccc2)nn1C. The number of aromatic nitrogens is 3. The lowest BCUT2D eigenvalue weighted by atomic mass is 10.2. The fourth-order valence-electron chi connectivity index (χ4n) is 1.72. The molecule has 4 heteroatoms. The number of likely N-dealkylation sites (N-methyl/N-ethyl adjacent to an activating group) is 1. The molecule has 0 fully saturated rings. The number of aryl methyl sites for hydroxylation is 1. The van der Waals surface area contributed by atoms with Crippen LogP contribution in [0.4, 0.5) is 0 Å². The predicted octanol–water partition coefficient (Wildman–Crippen LogP) is 1.63. The maximum absolute atomic E-state index is 4.56. The second-order valence-electron chi connectivity index (χ2n) is 3.94. The molecule has 0 aliphatic rings. The number of nitrogens with zero attached hydrogens (tertiary/aromatic N) is 3. The molecule has 0 amide bonds. The topological polar surface area (TPSA) is 42.7 Å². The van der Waals surface area contributed by atoms with E-state index in [1.807, 2.05) is 42.1 Å². The Morgan fingerprint density at radius 3 is 2.71 bits per heavy atom. The summed E-state index contributed by atoms with van der Waals surface area (Å²) in [7, 11) is 1.95. The van der Waals surface area contributed by atoms with Gasteiger partial charge in [-0.25, -0.2) is 4.98 Å². The highest BCUT2D eigenvalue weighted by Crippen LogP contribution is 2.14. The maximum Gasteiger partial charge on any atom is 0.181 e. The summed E-state index contributed by atoms with van der Waals surface area (Å²) >= 11 is 0. The monoisotopic (exact) mass is 230 g/mol. The molecule has 0 saturated heterocycles. The van der Waals surface area contributed by atoms with Crippen LogP contribution >= 0.6 is 0 Å². The number of nitrogens with one attached hydrogen (secondary N) is 1. The van der Waals surface area contributed by atoms with Crippen LogP contribution in [0.1, 0.15) is 12.7 Å². The number of benzene rings is 1. The maximum atomic E-state index is 4.56. The van der Waals surface area contributed by atoms with Gasteiger partial charge in [-0.3, -0.25) is 4.68 Å². The van der Waals surface area contributed by atoms with Gasteiger partial charge in [0.05, 0.1) is 0 Å². The Kier molecular flexibility index (Phi) is 3.88. The van der Waals surface area contributed by atoms with Gasteiger partial charge in [0.2, 0.25) is 0 Å². The summed E-state index contributed by atoms with van der Waals surface area (Å²) in [6.07, 6.45) is 0.907. The zero-order valence-electron chi connectivity index (χ0n) is 10.3. The standard InChI is InChI=1S/C13H18N4/c1-3-14-10-9-12-15-13(16-17(12)2)11-7-5-4-6-8-11/h4-8,14H,3,9-10H2,1-2H3. The minimum absolute atomic E-state index is 0.805. The molecule has 0 atom stereocenters. The Hall–Kier alpha value is -1.68. The summed E-state index contributed by atoms with van der Waals surface area (Å²) in [5.41, 5.74) is 1.07. The molecule has 1 heterocycles. The number of rotatable bonds is 5. The molecule has 0 spiro atoms. The lowest BCUT2D eigenvalue weighted by Crippen LogP contribution is -2.17. The van der Waals surface area contributed by atoms with Gasteiger partial charge in [-0.05, 0) is 6.54 Å². The third-order valence-corrected chi connectivity index (χ3v) is 2.66. The molecular formula is C13H18N4. The van der Waals surface area contributed by atoms with Crippen LogP contribution in [0, 0.1) is 0 Å². The quantitative estimate of drug-likeness (QED) is 0.794. The smallest absolute Gasteiger partial charge is 0.181 e. The molecule has 2 aromatic rings. The van der Waals surface area contributed by atoms with Gasteiger partial charge in [-0.1, -0.05) is 37.3 Å². The van der Waals surface area contributed by atoms with Gasteiger partial charge in [-0.2, -0.15) is 5.10 Å². The molecule has 1 N–H and O–H groups in total. The number of hydrogen-bond donors (Lipinski definition) is 1. The van der Waals surface area contributed by atoms with Crippen LogP contribution in [-0.4, -0.2) is 27.9 Å². The van der Waals surface area contributed by atoms with Crippen molar-refractivity contribution < 1.29 is 0 Å². The molecule has 0 bridgehead atoms. The summed E-state index contributed by atoms with van der Waals surface area (Å²) in [5.74, 6) is 1.82. The van der Waals surface area contributed by atoms with E-state index in [1.54, 1.807) is 0 Å². The molecule has 0 aliphatic heterocycles. The minimum Gasteiger partial charge on any atom is -0.317 e. The van der Waals surface area contributed by atoms with Crippen molar-refractivity contribution in [3.8, 4) is 11.4 Å². The second-order valence-corrected chi connectivity index (χ2v) is 3.94. The Morgan fingerprint density at radius 2 is 2.00 bits per heavy atom. The van der Waals surface area contributed by atoms with Crippen LogP contribution in [0.25, 0.3) is 11.4 Å². The first kappa shape index (κ1) is 11.8. The Balaban J connectivity index is 2.13. The van der Waals surface area contributed by atoms with Crippen molar-refractivity contribution in [2.45, 2.75) is 13.3 Å². The van der Waals surface area contributed by atoms with Crippen molar-refractivity contribution in [3.63, 3.8) is 0 Å². The van der Waals surface area contributed by atoms with Crippen molar-refractivity contribution >= 4 is 0 Å². The van der Waals surface area contributed by atoms with Gasteiger partial charge in [0.1, 0.15) is 5.82 Å². The van der Waals surface area contributed by atoms with Gasteiger partial charge >= 0.3 is 0 Å². The highest BCUT2D eigenvalue weighted by molar-refractivity contribution is 5.53. The van der Waals surface area contributed by atoms with Crippen LogP contribution in [0.5, 0.6) is 0 Å². The third kappa shape index (κ3) is 2.91. The lowest BCUT2D eigenvalue weighted by molar-refractivity contribution is 0.648. The molecule has 1 aromatic heterocycles. The van der Waals surface area contributed by atoms with E-state index in [9.17, 15) is 0 Å². The molecule has 1 aromatic carbocycles. The summed E-state index contributed by atoms with van der Waals surface area (Å²) in [6, 6.07) is 10.1. The zero-order chi connectivity index (χ0) is 12.1. The number of hydrogen-bond acceptors (Lipinski definition) is 3. The van der Waals surface area contributed by atoms with Crippen LogP contribution in [0.2, 0.25) is 0 Å². The van der Waals surface area contributed by atoms with Crippen LogP contribution in [0.3, 0.4) is 0 Å². The van der Waals surface area contributed by atoms with Gasteiger partial charge in [0.25, 0.3) is 0 Å². The molecule has 0 saturated carbocycles. The van der Waals surface area contributed by atoms with E-state index >= 15 is 0 Å². The van der Waals surface area contributed by atoms with Crippen molar-refractivity contribution in [1.29, 1.82) is 0 Å². The van der Waals surface area contributed by atoms with Gasteiger partial charge < -0.3 is 5.32 Å². The fourth-order valence-corrected chi connectivity index (χ4v) is 1.72. The summed E-state index contributed by atoms with van der Waals surface area (Å²) in [6.45, 7) is 4.03. The second kappa shape index (κ2) is 5.59. The van der Waals surface area contributed by atoms with E-state index in [4.69, 9.17) is 0 Å². The molecule has 0 radical (unpaired) electrons. The molecule has 4 nitrogen and oxygen atoms in total. The van der Waals surface area contributed by atoms with Crippen molar-refractivity contribution in [2.75, 3.05) is 13.1 Å². The minimum atomic E-state index is 0.805. The summed E-state index contributed by atoms with van der Waals surface area (Å²) in [4.78, 5) is 4.56. The average Bonchev–Trinajstić information content (AvgIpc) is 2.73. The first-order chi connectivity index (χ1) is 8.31. The van der Waals surface area contributed by atoms with Crippen LogP contribution < -0.4 is 5.32 Å². The van der Waals surface area contributed by atoms with E-state index < -0.39 is 0 Å². The van der Waals surface area contributed by atoms with E-state index in [0.29, 0.717) is 0 Å². The Morgan fingerprint density at radius 1 is 1.24 bits per heavy atom. The van der Waals surface area contributed by atoms with Gasteiger partial charge in [0.15, 0.2) is 5.82 Å². The highest BCUT2D eigenvalue weighted by atomic mass is 15.3. The summed E-state index contributed by atoms with van der Waals surface area (Å²) < 4.78 is 1.86. The van der Waals surface area contributed by atoms with Crippen LogP contribution in [-0.2, 0) is 13.5 Å². The zero-order valence-corrected chi connectivity index (χ0v) is 10.3. The van der Waals surface area contributed by atoms with E-state index in [0.717, 1.165) is 36.7 Å². The third-order valence-electron chi connectivity index (χ3n) is 2.66. The summed E-state index contributed by atoms with van der Waals surface area (Å²) in [5, 5.41) is 7.73. The Labute approximate surface area is 102 Å². The molecule has 2 rings (SSSR count). The highest BCUT2D eigenvalue weighted by Gasteiger charge is 2.07. The van der Waals surface area contributed by atoms with Crippen molar-refractivity contribution in [2.24, 2.45) is 7.05 Å². The first-order valence-corrected chi connectivity index (χ1v) is 5.97. The van der Waals surface area contributed by atoms with Gasteiger partial charge in [-0.15, -0.1) is 0 Å². The van der Waals surface area contributed by atoms with E-state index in [-0.39, 0.29) is 0 Å². The lowest BCUT2D eigenvalue weighted by Gasteiger charge is -1.99. The average molecular weight is 230 g/mol. The first-order valence-electron chi connectivity index (χ1n) is 5.97. The van der Waals surface area contributed by atoms with Crippen LogP contribution in [0.15, 0.2) is 30.3 Å². The fraction of sp³-hybridized carbons (Fsp3) is 0.385. The largest absolute Gasteiger partial charge is 0.317 e.